The van der Waals surface area contributed by atoms with Gasteiger partial charge in [-0.3, -0.25) is 4.98 Å². The van der Waals surface area contributed by atoms with Crippen LogP contribution < -0.4 is 15.5 Å². The van der Waals surface area contributed by atoms with E-state index in [-0.39, 0.29) is 0 Å². The molecule has 0 radical (unpaired) electrons. The summed E-state index contributed by atoms with van der Waals surface area (Å²) >= 11 is 0. The van der Waals surface area contributed by atoms with Crippen LogP contribution in [-0.4, -0.2) is 46.1 Å². The Hall–Kier alpha value is -4.04. The molecule has 2 aliphatic rings. The van der Waals surface area contributed by atoms with Crippen LogP contribution in [0.5, 0.6) is 0 Å². The lowest BCUT2D eigenvalue weighted by Crippen LogP contribution is -2.44. The number of pyridine rings is 1. The lowest BCUT2D eigenvalue weighted by Gasteiger charge is -2.30. The Morgan fingerprint density at radius 1 is 0.914 bits per heavy atom. The van der Waals surface area contributed by atoms with Gasteiger partial charge in [0, 0.05) is 49.0 Å². The number of nitrogens with zero attached hydrogens (tertiary/aromatic N) is 5. The molecule has 174 valence electrons. The topological polar surface area (TPSA) is 92.0 Å². The van der Waals surface area contributed by atoms with E-state index in [1.54, 1.807) is 0 Å². The predicted molar refractivity (Wildman–Crippen MR) is 137 cm³/mol. The van der Waals surface area contributed by atoms with Crippen molar-refractivity contribution in [3.8, 4) is 11.4 Å². The third-order valence-electron chi connectivity index (χ3n) is 6.72. The first-order chi connectivity index (χ1) is 17.3. The molecule has 0 amide bonds. The highest BCUT2D eigenvalue weighted by atomic mass is 16.4. The zero-order valence-corrected chi connectivity index (χ0v) is 19.2. The number of aromatic nitrogens is 4. The number of oxazole rings is 1. The third-order valence-corrected chi connectivity index (χ3v) is 6.72. The van der Waals surface area contributed by atoms with Crippen molar-refractivity contribution >= 4 is 39.5 Å². The summed E-state index contributed by atoms with van der Waals surface area (Å²) in [5.41, 5.74) is 5.57. The maximum Gasteiger partial charge on any atom is 0.300 e. The van der Waals surface area contributed by atoms with Crippen LogP contribution in [-0.2, 0) is 0 Å². The minimum atomic E-state index is 0.461. The van der Waals surface area contributed by atoms with Gasteiger partial charge in [0.25, 0.3) is 6.01 Å². The van der Waals surface area contributed by atoms with Crippen LogP contribution in [0.15, 0.2) is 65.3 Å². The molecule has 0 spiro atoms. The average molecular weight is 464 g/mol. The molecule has 0 bridgehead atoms. The van der Waals surface area contributed by atoms with Crippen molar-refractivity contribution < 1.29 is 4.42 Å². The highest BCUT2D eigenvalue weighted by Crippen LogP contribution is 2.44. The van der Waals surface area contributed by atoms with Crippen molar-refractivity contribution in [1.82, 2.24) is 25.3 Å². The summed E-state index contributed by atoms with van der Waals surface area (Å²) in [6.07, 6.45) is 6.32. The molecule has 35 heavy (non-hydrogen) atoms. The van der Waals surface area contributed by atoms with E-state index in [1.807, 2.05) is 60.9 Å². The van der Waals surface area contributed by atoms with Gasteiger partial charge in [-0.15, -0.1) is 0 Å². The summed E-state index contributed by atoms with van der Waals surface area (Å²) in [4.78, 5) is 21.6. The van der Waals surface area contributed by atoms with Gasteiger partial charge >= 0.3 is 0 Å². The molecular weight excluding hydrogens is 438 g/mol. The molecule has 8 heteroatoms. The number of para-hydroxylation sites is 2. The summed E-state index contributed by atoms with van der Waals surface area (Å²) < 4.78 is 5.84. The second-order valence-electron chi connectivity index (χ2n) is 9.20. The molecule has 2 aromatic carbocycles. The number of fused-ring (bicyclic) bond motifs is 2. The fraction of sp³-hybridized carbons (Fsp3) is 0.259. The first-order valence-electron chi connectivity index (χ1n) is 12.2. The lowest BCUT2D eigenvalue weighted by molar-refractivity contribution is 0.586. The highest BCUT2D eigenvalue weighted by molar-refractivity contribution is 5.94. The number of benzene rings is 2. The average Bonchev–Trinajstić information content (AvgIpc) is 3.67. The zero-order chi connectivity index (χ0) is 23.2. The van der Waals surface area contributed by atoms with Crippen molar-refractivity contribution in [1.29, 1.82) is 0 Å². The summed E-state index contributed by atoms with van der Waals surface area (Å²) in [5.74, 6) is 2.29. The smallest absolute Gasteiger partial charge is 0.300 e. The third kappa shape index (κ3) is 3.85. The molecule has 1 aliphatic heterocycles. The minimum Gasteiger partial charge on any atom is -0.423 e. The highest BCUT2D eigenvalue weighted by Gasteiger charge is 2.29. The fourth-order valence-corrected chi connectivity index (χ4v) is 4.81. The second-order valence-corrected chi connectivity index (χ2v) is 9.20. The molecule has 1 saturated heterocycles. The quantitative estimate of drug-likeness (QED) is 0.382. The number of hydrogen-bond donors (Lipinski definition) is 2. The van der Waals surface area contributed by atoms with Gasteiger partial charge in [-0.25, -0.2) is 9.97 Å². The standard InChI is InChI=1S/C27H25N7O/c1-2-7-23-21(6-1)32-27(35-23)30-19-5-3-4-18(14-19)25-31-22-16-29-15-20(17-8-9-17)24(22)26(33-25)34-12-10-28-11-13-34/h1-7,14-17,28H,8-13H2,(H,30,32). The van der Waals surface area contributed by atoms with Gasteiger partial charge in [0.2, 0.25) is 0 Å². The van der Waals surface area contributed by atoms with Crippen LogP contribution in [0.2, 0.25) is 0 Å². The van der Waals surface area contributed by atoms with Crippen molar-refractivity contribution in [2.75, 3.05) is 36.4 Å². The molecule has 4 heterocycles. The number of rotatable bonds is 5. The summed E-state index contributed by atoms with van der Waals surface area (Å²) in [6.45, 7) is 3.76. The number of nitrogens with one attached hydrogen (secondary N) is 2. The molecule has 1 saturated carbocycles. The van der Waals surface area contributed by atoms with Gasteiger partial charge in [0.05, 0.1) is 11.7 Å². The van der Waals surface area contributed by atoms with Crippen LogP contribution in [0.4, 0.5) is 17.5 Å². The Morgan fingerprint density at radius 3 is 2.66 bits per heavy atom. The van der Waals surface area contributed by atoms with Crippen LogP contribution >= 0.6 is 0 Å². The maximum absolute atomic E-state index is 5.84. The lowest BCUT2D eigenvalue weighted by atomic mass is 10.1. The maximum atomic E-state index is 5.84. The number of anilines is 3. The van der Waals surface area contributed by atoms with Gasteiger partial charge in [-0.1, -0.05) is 24.3 Å². The molecule has 7 rings (SSSR count). The molecule has 0 atom stereocenters. The number of hydrogen-bond acceptors (Lipinski definition) is 8. The summed E-state index contributed by atoms with van der Waals surface area (Å²) in [5, 5.41) is 7.90. The summed E-state index contributed by atoms with van der Waals surface area (Å²) in [6, 6.07) is 16.3. The first kappa shape index (κ1) is 20.3. The predicted octanol–water partition coefficient (Wildman–Crippen LogP) is 4.86. The monoisotopic (exact) mass is 463 g/mol. The Kier molecular flexibility index (Phi) is 4.84. The van der Waals surface area contributed by atoms with Gasteiger partial charge in [0.15, 0.2) is 11.4 Å². The van der Waals surface area contributed by atoms with Crippen molar-refractivity contribution in [3.05, 3.63) is 66.5 Å². The fourth-order valence-electron chi connectivity index (χ4n) is 4.81. The SMILES string of the molecule is c1cc(Nc2nc3ccccc3o2)cc(-c2nc(N3CCNCC3)c3c(C4CC4)cncc3n2)c1. The first-order valence-corrected chi connectivity index (χ1v) is 12.2. The normalized spacial score (nSPS) is 16.2. The van der Waals surface area contributed by atoms with Crippen LogP contribution in [0, 0.1) is 0 Å². The van der Waals surface area contributed by atoms with Gasteiger partial charge in [-0.05, 0) is 48.6 Å². The molecule has 5 aromatic rings. The van der Waals surface area contributed by atoms with E-state index in [0.717, 1.165) is 65.3 Å². The van der Waals surface area contributed by atoms with Crippen molar-refractivity contribution in [2.24, 2.45) is 0 Å². The second kappa shape index (κ2) is 8.32. The van der Waals surface area contributed by atoms with E-state index >= 15 is 0 Å². The molecular formula is C27H25N7O. The molecule has 2 fully saturated rings. The van der Waals surface area contributed by atoms with E-state index in [2.05, 4.69) is 25.5 Å². The largest absolute Gasteiger partial charge is 0.423 e. The van der Waals surface area contributed by atoms with Crippen LogP contribution in [0.3, 0.4) is 0 Å². The van der Waals surface area contributed by atoms with Gasteiger partial charge in [-0.2, -0.15) is 4.98 Å². The molecule has 0 unspecified atom stereocenters. The van der Waals surface area contributed by atoms with E-state index in [0.29, 0.717) is 17.8 Å². The molecule has 3 aromatic heterocycles. The van der Waals surface area contributed by atoms with E-state index in [9.17, 15) is 0 Å². The van der Waals surface area contributed by atoms with Crippen LogP contribution in [0.1, 0.15) is 24.3 Å². The van der Waals surface area contributed by atoms with Crippen LogP contribution in [0.25, 0.3) is 33.4 Å². The zero-order valence-electron chi connectivity index (χ0n) is 19.2. The van der Waals surface area contributed by atoms with Gasteiger partial charge < -0.3 is 20.0 Å². The minimum absolute atomic E-state index is 0.461. The summed E-state index contributed by atoms with van der Waals surface area (Å²) in [7, 11) is 0. The van der Waals surface area contributed by atoms with E-state index < -0.39 is 0 Å². The van der Waals surface area contributed by atoms with Crippen molar-refractivity contribution in [2.45, 2.75) is 18.8 Å². The molecule has 1 aliphatic carbocycles. The Labute approximate surface area is 202 Å². The Morgan fingerprint density at radius 2 is 1.80 bits per heavy atom. The molecule has 2 N–H and O–H groups in total. The molecule has 8 nitrogen and oxygen atoms in total. The van der Waals surface area contributed by atoms with E-state index in [4.69, 9.17) is 14.4 Å². The van der Waals surface area contributed by atoms with Crippen molar-refractivity contribution in [3.63, 3.8) is 0 Å². The Bertz CT molecular complexity index is 1500. The van der Waals surface area contributed by atoms with Gasteiger partial charge in [0.1, 0.15) is 11.3 Å². The Balaban J connectivity index is 1.30. The number of piperazine rings is 1. The van der Waals surface area contributed by atoms with E-state index in [1.165, 1.54) is 18.4 Å².